The van der Waals surface area contributed by atoms with Gasteiger partial charge in [-0.1, -0.05) is 39.7 Å². The van der Waals surface area contributed by atoms with Crippen LogP contribution in [0.15, 0.2) is 36.4 Å². The summed E-state index contributed by atoms with van der Waals surface area (Å²) < 4.78 is 18.8. The molecule has 21 heavy (non-hydrogen) atoms. The lowest BCUT2D eigenvalue weighted by Gasteiger charge is -2.17. The number of alkyl halides is 1. The number of halogens is 3. The summed E-state index contributed by atoms with van der Waals surface area (Å²) in [5.74, 6) is 1.03. The highest BCUT2D eigenvalue weighted by Crippen LogP contribution is 2.36. The van der Waals surface area contributed by atoms with E-state index in [-0.39, 0.29) is 11.7 Å². The zero-order valence-electron chi connectivity index (χ0n) is 11.4. The third-order valence-corrected chi connectivity index (χ3v) is 4.82. The Morgan fingerprint density at radius 3 is 2.71 bits per heavy atom. The number of hydrogen-bond donors (Lipinski definition) is 0. The average Bonchev–Trinajstić information content (AvgIpc) is 2.94. The Morgan fingerprint density at radius 1 is 1.24 bits per heavy atom. The summed E-state index contributed by atoms with van der Waals surface area (Å²) in [6.07, 6.45) is 1.73. The predicted molar refractivity (Wildman–Crippen MR) is 87.3 cm³/mol. The van der Waals surface area contributed by atoms with Crippen LogP contribution in [0.3, 0.4) is 0 Å². The van der Waals surface area contributed by atoms with Crippen LogP contribution >= 0.6 is 27.5 Å². The Balaban J connectivity index is 1.89. The van der Waals surface area contributed by atoms with Gasteiger partial charge in [-0.25, -0.2) is 4.39 Å². The van der Waals surface area contributed by atoms with Gasteiger partial charge in [0.15, 0.2) is 0 Å². The number of fused-ring (bicyclic) bond motifs is 1. The van der Waals surface area contributed by atoms with Gasteiger partial charge in [0.05, 0.1) is 6.61 Å². The van der Waals surface area contributed by atoms with Crippen LogP contribution in [0.2, 0.25) is 5.02 Å². The van der Waals surface area contributed by atoms with E-state index in [1.807, 2.05) is 24.3 Å². The van der Waals surface area contributed by atoms with Gasteiger partial charge in [-0.15, -0.1) is 0 Å². The fourth-order valence-corrected chi connectivity index (χ4v) is 3.63. The molecule has 1 atom stereocenters. The van der Waals surface area contributed by atoms with Crippen molar-refractivity contribution in [3.63, 3.8) is 0 Å². The van der Waals surface area contributed by atoms with Gasteiger partial charge in [-0.3, -0.25) is 0 Å². The van der Waals surface area contributed by atoms with Crippen molar-refractivity contribution in [1.29, 1.82) is 0 Å². The van der Waals surface area contributed by atoms with E-state index >= 15 is 0 Å². The van der Waals surface area contributed by atoms with Gasteiger partial charge >= 0.3 is 0 Å². The Kier molecular flexibility index (Phi) is 4.51. The fraction of sp³-hybridized carbons (Fsp3) is 0.294. The number of ether oxygens (including phenoxy) is 1. The first-order valence-electron chi connectivity index (χ1n) is 6.93. The standard InChI is InChI=1S/C17H15BrClFO/c18-10-14(11-1-3-16(20)4-2-11)7-13-9-15(19)8-12-5-6-21-17(12)13/h1-4,8-9,14H,5-7,10H2. The lowest BCUT2D eigenvalue weighted by atomic mass is 9.92. The molecular formula is C17H15BrClFO. The highest BCUT2D eigenvalue weighted by Gasteiger charge is 2.20. The Labute approximate surface area is 137 Å². The third kappa shape index (κ3) is 3.24. The van der Waals surface area contributed by atoms with E-state index in [0.29, 0.717) is 0 Å². The Bertz CT molecular complexity index is 642. The second kappa shape index (κ2) is 6.37. The van der Waals surface area contributed by atoms with Gasteiger partial charge in [0.25, 0.3) is 0 Å². The number of benzene rings is 2. The van der Waals surface area contributed by atoms with E-state index in [0.717, 1.165) is 46.7 Å². The molecule has 0 amide bonds. The zero-order valence-corrected chi connectivity index (χ0v) is 13.8. The topological polar surface area (TPSA) is 9.23 Å². The van der Waals surface area contributed by atoms with Crippen LogP contribution in [0.25, 0.3) is 0 Å². The summed E-state index contributed by atoms with van der Waals surface area (Å²) in [4.78, 5) is 0. The van der Waals surface area contributed by atoms with Gasteiger partial charge in [-0.2, -0.15) is 0 Å². The summed E-state index contributed by atoms with van der Waals surface area (Å²) in [5.41, 5.74) is 3.42. The van der Waals surface area contributed by atoms with E-state index in [2.05, 4.69) is 15.9 Å². The molecule has 1 aliphatic rings. The van der Waals surface area contributed by atoms with Gasteiger partial charge in [0.2, 0.25) is 0 Å². The lowest BCUT2D eigenvalue weighted by Crippen LogP contribution is -2.06. The summed E-state index contributed by atoms with van der Waals surface area (Å²) in [6.45, 7) is 0.720. The maximum atomic E-state index is 13.1. The second-order valence-electron chi connectivity index (χ2n) is 5.26. The van der Waals surface area contributed by atoms with E-state index < -0.39 is 0 Å². The molecule has 0 fully saturated rings. The first-order chi connectivity index (χ1) is 10.2. The van der Waals surface area contributed by atoms with Crippen LogP contribution < -0.4 is 4.74 Å². The van der Waals surface area contributed by atoms with E-state index in [1.165, 1.54) is 17.7 Å². The highest BCUT2D eigenvalue weighted by molar-refractivity contribution is 9.09. The summed E-state index contributed by atoms with van der Waals surface area (Å²) >= 11 is 9.77. The number of rotatable bonds is 4. The molecule has 1 heterocycles. The Morgan fingerprint density at radius 2 is 2.00 bits per heavy atom. The SMILES string of the molecule is Fc1ccc(C(CBr)Cc2cc(Cl)cc3c2OCC3)cc1. The normalized spacial score (nSPS) is 14.6. The first kappa shape index (κ1) is 14.9. The summed E-state index contributed by atoms with van der Waals surface area (Å²) in [5, 5.41) is 1.56. The minimum atomic E-state index is -0.209. The molecule has 2 aromatic rings. The molecule has 110 valence electrons. The van der Waals surface area contributed by atoms with Crippen molar-refractivity contribution in [2.75, 3.05) is 11.9 Å². The van der Waals surface area contributed by atoms with Crippen LogP contribution in [0.1, 0.15) is 22.6 Å². The molecule has 0 spiro atoms. The summed E-state index contributed by atoms with van der Waals surface area (Å²) in [7, 11) is 0. The fourth-order valence-electron chi connectivity index (χ4n) is 2.76. The van der Waals surface area contributed by atoms with Crippen molar-refractivity contribution in [3.8, 4) is 5.75 Å². The average molecular weight is 370 g/mol. The lowest BCUT2D eigenvalue weighted by molar-refractivity contribution is 0.353. The molecule has 3 rings (SSSR count). The molecule has 0 aromatic heterocycles. The minimum Gasteiger partial charge on any atom is -0.493 e. The predicted octanol–water partition coefficient (Wildman–Crippen LogP) is 5.14. The van der Waals surface area contributed by atoms with E-state index in [4.69, 9.17) is 16.3 Å². The van der Waals surface area contributed by atoms with Gasteiger partial charge in [0, 0.05) is 16.8 Å². The molecule has 0 saturated heterocycles. The van der Waals surface area contributed by atoms with Crippen molar-refractivity contribution in [2.24, 2.45) is 0 Å². The molecule has 0 radical (unpaired) electrons. The van der Waals surface area contributed by atoms with Crippen LogP contribution in [0.5, 0.6) is 5.75 Å². The monoisotopic (exact) mass is 368 g/mol. The smallest absolute Gasteiger partial charge is 0.125 e. The summed E-state index contributed by atoms with van der Waals surface area (Å²) in [6, 6.07) is 10.6. The third-order valence-electron chi connectivity index (χ3n) is 3.82. The van der Waals surface area contributed by atoms with Crippen molar-refractivity contribution >= 4 is 27.5 Å². The molecule has 2 aromatic carbocycles. The quantitative estimate of drug-likeness (QED) is 0.678. The largest absolute Gasteiger partial charge is 0.493 e. The van der Waals surface area contributed by atoms with Crippen molar-refractivity contribution in [1.82, 2.24) is 0 Å². The molecule has 1 nitrogen and oxygen atoms in total. The van der Waals surface area contributed by atoms with E-state index in [1.54, 1.807) is 0 Å². The second-order valence-corrected chi connectivity index (χ2v) is 6.34. The zero-order chi connectivity index (χ0) is 14.8. The molecule has 1 unspecified atom stereocenters. The van der Waals surface area contributed by atoms with Crippen LogP contribution in [0, 0.1) is 5.82 Å². The maximum absolute atomic E-state index is 13.1. The maximum Gasteiger partial charge on any atom is 0.125 e. The molecule has 1 aliphatic heterocycles. The molecule has 0 saturated carbocycles. The van der Waals surface area contributed by atoms with Crippen molar-refractivity contribution in [3.05, 3.63) is 63.9 Å². The molecule has 0 bridgehead atoms. The highest BCUT2D eigenvalue weighted by atomic mass is 79.9. The van der Waals surface area contributed by atoms with Gasteiger partial charge in [0.1, 0.15) is 11.6 Å². The van der Waals surface area contributed by atoms with Crippen molar-refractivity contribution < 1.29 is 9.13 Å². The first-order valence-corrected chi connectivity index (χ1v) is 8.43. The Hall–Kier alpha value is -1.06. The molecular weight excluding hydrogens is 355 g/mol. The van der Waals surface area contributed by atoms with Crippen LogP contribution in [0.4, 0.5) is 4.39 Å². The van der Waals surface area contributed by atoms with Crippen LogP contribution in [-0.2, 0) is 12.8 Å². The van der Waals surface area contributed by atoms with E-state index in [9.17, 15) is 4.39 Å². The minimum absolute atomic E-state index is 0.209. The van der Waals surface area contributed by atoms with Gasteiger partial charge < -0.3 is 4.74 Å². The van der Waals surface area contributed by atoms with Crippen molar-refractivity contribution in [2.45, 2.75) is 18.8 Å². The molecule has 0 N–H and O–H groups in total. The van der Waals surface area contributed by atoms with Crippen LogP contribution in [-0.4, -0.2) is 11.9 Å². The molecule has 4 heteroatoms. The number of hydrogen-bond acceptors (Lipinski definition) is 1. The molecule has 0 aliphatic carbocycles. The van der Waals surface area contributed by atoms with Gasteiger partial charge in [-0.05, 0) is 53.3 Å².